The Morgan fingerprint density at radius 3 is 2.48 bits per heavy atom. The Bertz CT molecular complexity index is 830. The summed E-state index contributed by atoms with van der Waals surface area (Å²) in [4.78, 5) is 26.7. The van der Waals surface area contributed by atoms with Crippen LogP contribution in [0.1, 0.15) is 23.1 Å². The third-order valence-electron chi connectivity index (χ3n) is 4.60. The molecule has 0 bridgehead atoms. The van der Waals surface area contributed by atoms with Crippen LogP contribution in [-0.2, 0) is 9.59 Å². The number of rotatable bonds is 3. The van der Waals surface area contributed by atoms with Gasteiger partial charge in [0, 0.05) is 28.8 Å². The molecule has 2 aromatic rings. The summed E-state index contributed by atoms with van der Waals surface area (Å²) >= 11 is 3.50. The molecule has 1 aliphatic heterocycles. The van der Waals surface area contributed by atoms with Gasteiger partial charge in [0.2, 0.25) is 11.8 Å². The van der Waals surface area contributed by atoms with Crippen molar-refractivity contribution in [1.82, 2.24) is 0 Å². The number of hydrogen-bond acceptors (Lipinski definition) is 2. The van der Waals surface area contributed by atoms with Gasteiger partial charge < -0.3 is 10.2 Å². The van der Waals surface area contributed by atoms with Gasteiger partial charge in [-0.15, -0.1) is 0 Å². The standard InChI is InChI=1S/C20H21BrN2O2/c1-12-4-6-16(7-5-12)23-11-15(10-19(23)24)20(25)22-18-9-13(2)17(21)8-14(18)3/h4-9,15H,10-11H2,1-3H3,(H,22,25)/t15-/m1/s1. The van der Waals surface area contributed by atoms with Gasteiger partial charge in [0.25, 0.3) is 0 Å². The monoisotopic (exact) mass is 400 g/mol. The van der Waals surface area contributed by atoms with Crippen LogP contribution in [0.2, 0.25) is 0 Å². The van der Waals surface area contributed by atoms with E-state index in [-0.39, 0.29) is 24.2 Å². The first-order chi connectivity index (χ1) is 11.8. The van der Waals surface area contributed by atoms with E-state index >= 15 is 0 Å². The molecule has 1 heterocycles. The number of halogens is 1. The zero-order valence-electron chi connectivity index (χ0n) is 14.6. The van der Waals surface area contributed by atoms with E-state index in [0.717, 1.165) is 32.5 Å². The van der Waals surface area contributed by atoms with Crippen molar-refractivity contribution in [3.63, 3.8) is 0 Å². The van der Waals surface area contributed by atoms with Gasteiger partial charge in [0.1, 0.15) is 0 Å². The third kappa shape index (κ3) is 3.76. The van der Waals surface area contributed by atoms with Crippen LogP contribution in [-0.4, -0.2) is 18.4 Å². The van der Waals surface area contributed by atoms with Crippen LogP contribution in [0.3, 0.4) is 0 Å². The summed E-state index contributed by atoms with van der Waals surface area (Å²) in [7, 11) is 0. The molecular weight excluding hydrogens is 380 g/mol. The molecule has 1 atom stereocenters. The van der Waals surface area contributed by atoms with E-state index in [4.69, 9.17) is 0 Å². The maximum Gasteiger partial charge on any atom is 0.229 e. The molecule has 0 aromatic heterocycles. The molecule has 0 aliphatic carbocycles. The third-order valence-corrected chi connectivity index (χ3v) is 5.46. The highest BCUT2D eigenvalue weighted by atomic mass is 79.9. The van der Waals surface area contributed by atoms with Crippen LogP contribution >= 0.6 is 15.9 Å². The zero-order valence-corrected chi connectivity index (χ0v) is 16.2. The molecule has 1 saturated heterocycles. The predicted octanol–water partition coefficient (Wildman–Crippen LogP) is 4.37. The molecule has 130 valence electrons. The average molecular weight is 401 g/mol. The van der Waals surface area contributed by atoms with Crippen molar-refractivity contribution in [3.8, 4) is 0 Å². The topological polar surface area (TPSA) is 49.4 Å². The summed E-state index contributed by atoms with van der Waals surface area (Å²) in [5.41, 5.74) is 4.84. The lowest BCUT2D eigenvalue weighted by atomic mass is 10.1. The molecule has 1 aliphatic rings. The summed E-state index contributed by atoms with van der Waals surface area (Å²) in [5, 5.41) is 2.98. The Hall–Kier alpha value is -2.14. The average Bonchev–Trinajstić information content (AvgIpc) is 2.95. The van der Waals surface area contributed by atoms with E-state index in [0.29, 0.717) is 6.54 Å². The van der Waals surface area contributed by atoms with Crippen LogP contribution in [0.25, 0.3) is 0 Å². The van der Waals surface area contributed by atoms with E-state index in [1.54, 1.807) is 4.90 Å². The smallest absolute Gasteiger partial charge is 0.229 e. The van der Waals surface area contributed by atoms with Gasteiger partial charge in [0.15, 0.2) is 0 Å². The Labute approximate surface area is 156 Å². The van der Waals surface area contributed by atoms with Gasteiger partial charge in [-0.2, -0.15) is 0 Å². The van der Waals surface area contributed by atoms with Crippen molar-refractivity contribution < 1.29 is 9.59 Å². The van der Waals surface area contributed by atoms with Gasteiger partial charge >= 0.3 is 0 Å². The zero-order chi connectivity index (χ0) is 18.1. The second-order valence-corrected chi connectivity index (χ2v) is 7.50. The van der Waals surface area contributed by atoms with Crippen molar-refractivity contribution >= 4 is 39.1 Å². The first-order valence-electron chi connectivity index (χ1n) is 8.30. The number of nitrogens with one attached hydrogen (secondary N) is 1. The SMILES string of the molecule is Cc1ccc(N2C[C@H](C(=O)Nc3cc(C)c(Br)cc3C)CC2=O)cc1. The Kier molecular flexibility index (Phi) is 4.95. The Balaban J connectivity index is 1.73. The molecular formula is C20H21BrN2O2. The molecule has 2 aromatic carbocycles. The number of carbonyl (C=O) groups excluding carboxylic acids is 2. The molecule has 5 heteroatoms. The highest BCUT2D eigenvalue weighted by Crippen LogP contribution is 2.28. The van der Waals surface area contributed by atoms with Gasteiger partial charge in [0.05, 0.1) is 5.92 Å². The fourth-order valence-electron chi connectivity index (χ4n) is 3.01. The minimum Gasteiger partial charge on any atom is -0.326 e. The molecule has 0 spiro atoms. The lowest BCUT2D eigenvalue weighted by Gasteiger charge is -2.17. The molecule has 25 heavy (non-hydrogen) atoms. The summed E-state index contributed by atoms with van der Waals surface area (Å²) in [6.45, 7) is 6.37. The highest BCUT2D eigenvalue weighted by Gasteiger charge is 2.35. The number of nitrogens with zero attached hydrogens (tertiary/aromatic N) is 1. The number of aryl methyl sites for hydroxylation is 3. The second-order valence-electron chi connectivity index (χ2n) is 6.65. The molecule has 0 radical (unpaired) electrons. The number of carbonyl (C=O) groups is 2. The first-order valence-corrected chi connectivity index (χ1v) is 9.09. The van der Waals surface area contributed by atoms with Crippen molar-refractivity contribution in [2.45, 2.75) is 27.2 Å². The number of amides is 2. The maximum absolute atomic E-state index is 12.6. The molecule has 2 amide bonds. The predicted molar refractivity (Wildman–Crippen MR) is 104 cm³/mol. The van der Waals surface area contributed by atoms with Crippen molar-refractivity contribution in [1.29, 1.82) is 0 Å². The number of hydrogen-bond donors (Lipinski definition) is 1. The van der Waals surface area contributed by atoms with Gasteiger partial charge in [-0.3, -0.25) is 9.59 Å². The molecule has 1 N–H and O–H groups in total. The van der Waals surface area contributed by atoms with Crippen molar-refractivity contribution in [2.75, 3.05) is 16.8 Å². The minimum absolute atomic E-state index is 0.00675. The van der Waals surface area contributed by atoms with Crippen LogP contribution in [0.5, 0.6) is 0 Å². The van der Waals surface area contributed by atoms with Crippen molar-refractivity contribution in [3.05, 3.63) is 57.6 Å². The first kappa shape index (κ1) is 17.7. The number of benzene rings is 2. The van der Waals surface area contributed by atoms with Gasteiger partial charge in [-0.25, -0.2) is 0 Å². The van der Waals surface area contributed by atoms with E-state index in [1.807, 2.05) is 57.2 Å². The summed E-state index contributed by atoms with van der Waals surface area (Å²) in [6.07, 6.45) is 0.244. The maximum atomic E-state index is 12.6. The van der Waals surface area contributed by atoms with Crippen LogP contribution < -0.4 is 10.2 Å². The minimum atomic E-state index is -0.336. The summed E-state index contributed by atoms with van der Waals surface area (Å²) in [6, 6.07) is 11.7. The van der Waals surface area contributed by atoms with Crippen LogP contribution in [0, 0.1) is 26.7 Å². The van der Waals surface area contributed by atoms with Crippen LogP contribution in [0.4, 0.5) is 11.4 Å². The number of anilines is 2. The summed E-state index contributed by atoms with van der Waals surface area (Å²) in [5.74, 6) is -0.447. The van der Waals surface area contributed by atoms with E-state index in [9.17, 15) is 9.59 Å². The molecule has 3 rings (SSSR count). The second kappa shape index (κ2) is 7.00. The quantitative estimate of drug-likeness (QED) is 0.831. The molecule has 4 nitrogen and oxygen atoms in total. The normalized spacial score (nSPS) is 17.0. The summed E-state index contributed by atoms with van der Waals surface area (Å²) < 4.78 is 1.02. The molecule has 0 saturated carbocycles. The van der Waals surface area contributed by atoms with Crippen LogP contribution in [0.15, 0.2) is 40.9 Å². The van der Waals surface area contributed by atoms with Crippen molar-refractivity contribution in [2.24, 2.45) is 5.92 Å². The molecule has 0 unspecified atom stereocenters. The van der Waals surface area contributed by atoms with E-state index in [2.05, 4.69) is 21.2 Å². The lowest BCUT2D eigenvalue weighted by Crippen LogP contribution is -2.28. The fourth-order valence-corrected chi connectivity index (χ4v) is 3.47. The van der Waals surface area contributed by atoms with Gasteiger partial charge in [-0.05, 0) is 56.2 Å². The fraction of sp³-hybridized carbons (Fsp3) is 0.300. The Morgan fingerprint density at radius 2 is 1.80 bits per heavy atom. The lowest BCUT2D eigenvalue weighted by molar-refractivity contribution is -0.122. The molecule has 1 fully saturated rings. The largest absolute Gasteiger partial charge is 0.326 e. The van der Waals surface area contributed by atoms with Gasteiger partial charge in [-0.1, -0.05) is 33.6 Å². The highest BCUT2D eigenvalue weighted by molar-refractivity contribution is 9.10. The Morgan fingerprint density at radius 1 is 1.12 bits per heavy atom. The van der Waals surface area contributed by atoms with E-state index < -0.39 is 0 Å². The van der Waals surface area contributed by atoms with E-state index in [1.165, 1.54) is 0 Å².